The number of sulfonamides is 1. The summed E-state index contributed by atoms with van der Waals surface area (Å²) in [5, 5.41) is 1.85. The molecule has 0 heterocycles. The number of rotatable bonds is 3. The van der Waals surface area contributed by atoms with Gasteiger partial charge in [-0.15, -0.1) is 0 Å². The fraction of sp³-hybridized carbons (Fsp3) is 0.333. The Hall–Kier alpha value is -0.800. The number of hydrogen-bond donors (Lipinski definition) is 1. The predicted molar refractivity (Wildman–Crippen MR) is 62.6 cm³/mol. The fourth-order valence-electron chi connectivity index (χ4n) is 1.39. The number of primary sulfonamides is 1. The number of halogens is 4. The Labute approximate surface area is 110 Å². The maximum absolute atomic E-state index is 12.8. The van der Waals surface area contributed by atoms with Gasteiger partial charge in [-0.3, -0.25) is 0 Å². The lowest BCUT2D eigenvalue weighted by Gasteiger charge is -2.20. The fourth-order valence-corrected chi connectivity index (χ4v) is 2.94. The van der Waals surface area contributed by atoms with E-state index in [2.05, 4.69) is 21.1 Å². The van der Waals surface area contributed by atoms with Gasteiger partial charge in [0.25, 0.3) is 0 Å². The van der Waals surface area contributed by atoms with E-state index in [-0.39, 0.29) is 10.2 Å². The van der Waals surface area contributed by atoms with Crippen LogP contribution in [-0.4, -0.2) is 21.7 Å². The molecule has 0 fully saturated rings. The molecule has 0 aliphatic heterocycles. The van der Waals surface area contributed by atoms with Crippen molar-refractivity contribution in [2.24, 2.45) is 5.14 Å². The van der Waals surface area contributed by atoms with Crippen molar-refractivity contribution in [3.05, 3.63) is 28.2 Å². The normalized spacial score (nSPS) is 14.3. The van der Waals surface area contributed by atoms with Crippen LogP contribution < -0.4 is 9.88 Å². The van der Waals surface area contributed by atoms with Crippen molar-refractivity contribution >= 4 is 26.0 Å². The molecule has 1 aromatic rings. The lowest BCUT2D eigenvalue weighted by Crippen LogP contribution is -2.33. The molecule has 0 spiro atoms. The molecule has 0 radical (unpaired) electrons. The summed E-state index contributed by atoms with van der Waals surface area (Å²) in [4.78, 5) is 0. The van der Waals surface area contributed by atoms with Crippen molar-refractivity contribution in [2.45, 2.75) is 11.4 Å². The molecule has 0 amide bonds. The van der Waals surface area contributed by atoms with Crippen LogP contribution in [0.3, 0.4) is 0 Å². The summed E-state index contributed by atoms with van der Waals surface area (Å²) >= 11 is 2.87. The minimum atomic E-state index is -5.01. The summed E-state index contributed by atoms with van der Waals surface area (Å²) in [7, 11) is -3.58. The van der Waals surface area contributed by atoms with Gasteiger partial charge in [0.05, 0.1) is 7.11 Å². The second-order valence-corrected chi connectivity index (χ2v) is 5.90. The van der Waals surface area contributed by atoms with Gasteiger partial charge >= 0.3 is 6.18 Å². The predicted octanol–water partition coefficient (Wildman–Crippen LogP) is 2.35. The highest BCUT2D eigenvalue weighted by Crippen LogP contribution is 2.41. The van der Waals surface area contributed by atoms with Crippen molar-refractivity contribution in [3.63, 3.8) is 0 Å². The Balaban J connectivity index is 3.48. The second-order valence-electron chi connectivity index (χ2n) is 3.40. The molecule has 0 saturated heterocycles. The van der Waals surface area contributed by atoms with E-state index in [1.807, 2.05) is 0 Å². The summed E-state index contributed by atoms with van der Waals surface area (Å²) < 4.78 is 65.4. The maximum Gasteiger partial charge on any atom is 0.410 e. The zero-order valence-corrected chi connectivity index (χ0v) is 11.4. The second kappa shape index (κ2) is 5.06. The number of methoxy groups -OCH3 is 1. The van der Waals surface area contributed by atoms with Crippen molar-refractivity contribution < 1.29 is 26.3 Å². The van der Waals surface area contributed by atoms with E-state index < -0.39 is 27.0 Å². The lowest BCUT2D eigenvalue weighted by atomic mass is 10.1. The zero-order chi connectivity index (χ0) is 14.1. The van der Waals surface area contributed by atoms with Gasteiger partial charge in [-0.1, -0.05) is 15.9 Å². The van der Waals surface area contributed by atoms with E-state index in [9.17, 15) is 21.6 Å². The SMILES string of the molecule is COc1ccc(Br)c(C(C(F)(F)F)S(N)(=O)=O)c1. The Morgan fingerprint density at radius 3 is 2.33 bits per heavy atom. The average Bonchev–Trinajstić information content (AvgIpc) is 2.17. The van der Waals surface area contributed by atoms with E-state index in [1.165, 1.54) is 19.2 Å². The standard InChI is InChI=1S/C9H9BrF3NO3S/c1-17-5-2-3-7(10)6(4-5)8(9(11,12)13)18(14,15)16/h2-4,8H,1H3,(H2,14,15,16). The molecule has 0 saturated carbocycles. The third-order valence-electron chi connectivity index (χ3n) is 2.11. The molecule has 1 unspecified atom stereocenters. The number of ether oxygens (including phenoxy) is 1. The quantitative estimate of drug-likeness (QED) is 0.912. The average molecular weight is 348 g/mol. The molecule has 1 rings (SSSR count). The highest BCUT2D eigenvalue weighted by Gasteiger charge is 2.49. The van der Waals surface area contributed by atoms with E-state index in [0.29, 0.717) is 0 Å². The molecule has 0 aliphatic rings. The van der Waals surface area contributed by atoms with Crippen LogP contribution in [0, 0.1) is 0 Å². The van der Waals surface area contributed by atoms with Crippen LogP contribution in [0.25, 0.3) is 0 Å². The first-order valence-electron chi connectivity index (χ1n) is 4.49. The summed E-state index contributed by atoms with van der Waals surface area (Å²) in [5.41, 5.74) is -0.510. The van der Waals surface area contributed by atoms with E-state index >= 15 is 0 Å². The van der Waals surface area contributed by atoms with Gasteiger partial charge in [-0.2, -0.15) is 13.2 Å². The summed E-state index contributed by atoms with van der Waals surface area (Å²) in [5.74, 6) is 0.103. The maximum atomic E-state index is 12.8. The van der Waals surface area contributed by atoms with Crippen molar-refractivity contribution in [3.8, 4) is 5.75 Å². The van der Waals surface area contributed by atoms with Crippen LogP contribution in [0.2, 0.25) is 0 Å². The molecule has 102 valence electrons. The van der Waals surface area contributed by atoms with Crippen LogP contribution in [-0.2, 0) is 10.0 Å². The number of benzene rings is 1. The first-order chi connectivity index (χ1) is 8.07. The number of alkyl halides is 3. The van der Waals surface area contributed by atoms with Gasteiger partial charge in [0.15, 0.2) is 5.25 Å². The van der Waals surface area contributed by atoms with E-state index in [4.69, 9.17) is 4.74 Å². The van der Waals surface area contributed by atoms with Gasteiger partial charge in [-0.05, 0) is 23.8 Å². The van der Waals surface area contributed by atoms with Crippen LogP contribution in [0.1, 0.15) is 10.8 Å². The molecular weight excluding hydrogens is 339 g/mol. The van der Waals surface area contributed by atoms with Crippen molar-refractivity contribution in [1.29, 1.82) is 0 Å². The van der Waals surface area contributed by atoms with Gasteiger partial charge in [-0.25, -0.2) is 13.6 Å². The molecule has 18 heavy (non-hydrogen) atoms. The van der Waals surface area contributed by atoms with Crippen molar-refractivity contribution in [2.75, 3.05) is 7.11 Å². The molecule has 0 aliphatic carbocycles. The highest BCUT2D eigenvalue weighted by atomic mass is 79.9. The van der Waals surface area contributed by atoms with Gasteiger partial charge in [0, 0.05) is 4.47 Å². The monoisotopic (exact) mass is 347 g/mol. The zero-order valence-electron chi connectivity index (χ0n) is 9.03. The van der Waals surface area contributed by atoms with Gasteiger partial charge in [0.2, 0.25) is 10.0 Å². The molecule has 9 heteroatoms. The Morgan fingerprint density at radius 1 is 1.39 bits per heavy atom. The molecule has 0 bridgehead atoms. The van der Waals surface area contributed by atoms with Crippen molar-refractivity contribution in [1.82, 2.24) is 0 Å². The molecule has 0 aromatic heterocycles. The minimum Gasteiger partial charge on any atom is -0.497 e. The summed E-state index contributed by atoms with van der Waals surface area (Å²) in [6.07, 6.45) is -5.01. The molecule has 2 N–H and O–H groups in total. The number of nitrogens with two attached hydrogens (primary N) is 1. The molecule has 1 aromatic carbocycles. The van der Waals surface area contributed by atoms with Crippen LogP contribution in [0.4, 0.5) is 13.2 Å². The Kier molecular flexibility index (Phi) is 4.29. The third kappa shape index (κ3) is 3.36. The highest BCUT2D eigenvalue weighted by molar-refractivity contribution is 9.10. The number of hydrogen-bond acceptors (Lipinski definition) is 3. The lowest BCUT2D eigenvalue weighted by molar-refractivity contribution is -0.131. The molecule has 1 atom stereocenters. The topological polar surface area (TPSA) is 69.4 Å². The molecular formula is C9H9BrF3NO3S. The van der Waals surface area contributed by atoms with Gasteiger partial charge in [0.1, 0.15) is 5.75 Å². The van der Waals surface area contributed by atoms with Gasteiger partial charge < -0.3 is 4.74 Å². The van der Waals surface area contributed by atoms with Crippen LogP contribution in [0.15, 0.2) is 22.7 Å². The first-order valence-corrected chi connectivity index (χ1v) is 6.89. The Bertz CT molecular complexity index is 544. The largest absolute Gasteiger partial charge is 0.497 e. The first kappa shape index (κ1) is 15.3. The third-order valence-corrected chi connectivity index (χ3v) is 4.01. The smallest absolute Gasteiger partial charge is 0.410 e. The van der Waals surface area contributed by atoms with Crippen LogP contribution in [0.5, 0.6) is 5.75 Å². The van der Waals surface area contributed by atoms with E-state index in [0.717, 1.165) is 6.07 Å². The Morgan fingerprint density at radius 2 is 1.94 bits per heavy atom. The van der Waals surface area contributed by atoms with E-state index in [1.54, 1.807) is 0 Å². The summed E-state index contributed by atoms with van der Waals surface area (Å²) in [6, 6.07) is 3.63. The molecule has 4 nitrogen and oxygen atoms in total. The van der Waals surface area contributed by atoms with Crippen LogP contribution >= 0.6 is 15.9 Å². The summed E-state index contributed by atoms with van der Waals surface area (Å²) in [6.45, 7) is 0. The minimum absolute atomic E-state index is 0.0142.